The number of rotatable bonds is 8. The van der Waals surface area contributed by atoms with Gasteiger partial charge in [-0.1, -0.05) is 97.1 Å². The number of carbonyl (C=O) groups is 3. The van der Waals surface area contributed by atoms with Crippen LogP contribution in [0.1, 0.15) is 34.1 Å². The van der Waals surface area contributed by atoms with Crippen LogP contribution in [0.25, 0.3) is 22.3 Å². The highest BCUT2D eigenvalue weighted by Crippen LogP contribution is 2.45. The molecule has 8 nitrogen and oxygen atoms in total. The van der Waals surface area contributed by atoms with E-state index in [-0.39, 0.29) is 25.0 Å². The van der Waals surface area contributed by atoms with Crippen LogP contribution in [-0.2, 0) is 23.9 Å². The predicted molar refractivity (Wildman–Crippen MR) is 152 cm³/mol. The van der Waals surface area contributed by atoms with Crippen molar-refractivity contribution < 1.29 is 29.0 Å². The molecule has 8 heteroatoms. The van der Waals surface area contributed by atoms with Crippen LogP contribution >= 0.6 is 0 Å². The molecule has 0 bridgehead atoms. The van der Waals surface area contributed by atoms with Gasteiger partial charge in [0.05, 0.1) is 0 Å². The summed E-state index contributed by atoms with van der Waals surface area (Å²) in [5, 5.41) is 9.96. The van der Waals surface area contributed by atoms with Gasteiger partial charge >= 0.3 is 17.9 Å². The van der Waals surface area contributed by atoms with Crippen molar-refractivity contribution in [2.45, 2.75) is 23.4 Å². The third-order valence-corrected chi connectivity index (χ3v) is 8.13. The second-order valence-electron chi connectivity index (χ2n) is 10.3. The summed E-state index contributed by atoms with van der Waals surface area (Å²) in [4.78, 5) is 38.5. The van der Waals surface area contributed by atoms with Gasteiger partial charge in [0.15, 0.2) is 0 Å². The summed E-state index contributed by atoms with van der Waals surface area (Å²) in [5.74, 6) is -4.80. The summed E-state index contributed by atoms with van der Waals surface area (Å²) < 4.78 is 11.0. The lowest BCUT2D eigenvalue weighted by Gasteiger charge is -2.28. The van der Waals surface area contributed by atoms with E-state index < -0.39 is 29.5 Å². The fourth-order valence-corrected chi connectivity index (χ4v) is 5.95. The van der Waals surface area contributed by atoms with Crippen LogP contribution in [0.3, 0.4) is 0 Å². The fraction of sp³-hybridized carbons (Fsp3) is 0.182. The van der Waals surface area contributed by atoms with Gasteiger partial charge in [0.2, 0.25) is 5.54 Å². The summed E-state index contributed by atoms with van der Waals surface area (Å²) in [7, 11) is 0. The number of carboxylic acids is 1. The second kappa shape index (κ2) is 10.3. The smallest absolute Gasteiger partial charge is 0.340 e. The molecule has 0 spiro atoms. The van der Waals surface area contributed by atoms with Crippen LogP contribution in [-0.4, -0.2) is 47.8 Å². The summed E-state index contributed by atoms with van der Waals surface area (Å²) in [6.45, 7) is -0.266. The lowest BCUT2D eigenvalue weighted by molar-refractivity contribution is -0.168. The number of ether oxygens (including phenoxy) is 2. The van der Waals surface area contributed by atoms with Crippen LogP contribution in [0.5, 0.6) is 0 Å². The Morgan fingerprint density at radius 3 is 1.37 bits per heavy atom. The summed E-state index contributed by atoms with van der Waals surface area (Å²) in [5.41, 5.74) is 17.1. The van der Waals surface area contributed by atoms with Gasteiger partial charge in [-0.3, -0.25) is 4.79 Å². The number of esters is 2. The lowest BCUT2D eigenvalue weighted by atomic mass is 9.91. The minimum atomic E-state index is -2.85. The van der Waals surface area contributed by atoms with Gasteiger partial charge < -0.3 is 26.0 Å². The van der Waals surface area contributed by atoms with Crippen LogP contribution in [0.2, 0.25) is 0 Å². The number of nitrogens with two attached hydrogens (primary N) is 2. The van der Waals surface area contributed by atoms with E-state index in [0.29, 0.717) is 0 Å². The van der Waals surface area contributed by atoms with Gasteiger partial charge in [-0.15, -0.1) is 0 Å². The molecule has 4 aromatic carbocycles. The SMILES string of the molecule is NC(C(=O)OCC1c2ccccc2-c2ccccc21)C(N)(C(=O)O)C(=O)OCC1c2ccccc2-c2ccccc21. The standard InChI is InChI=1S/C33H28N2O6/c34-29(30(36)40-17-27-23-13-5-1-9-19(23)20-10-2-6-14-24(20)27)33(35,31(37)38)32(39)41-18-28-25-15-7-3-11-21(25)22-12-4-8-16-26(22)28/h1-16,27-29H,17-18,34-35H2,(H,37,38). The third-order valence-electron chi connectivity index (χ3n) is 8.13. The molecule has 206 valence electrons. The largest absolute Gasteiger partial charge is 0.479 e. The highest BCUT2D eigenvalue weighted by molar-refractivity contribution is 6.09. The van der Waals surface area contributed by atoms with Crippen molar-refractivity contribution in [2.24, 2.45) is 11.5 Å². The zero-order valence-electron chi connectivity index (χ0n) is 22.0. The molecule has 5 N–H and O–H groups in total. The maximum absolute atomic E-state index is 13.2. The molecule has 0 heterocycles. The first-order valence-corrected chi connectivity index (χ1v) is 13.3. The quantitative estimate of drug-likeness (QED) is 0.223. The van der Waals surface area contributed by atoms with Crippen molar-refractivity contribution in [2.75, 3.05) is 13.2 Å². The number of hydrogen-bond acceptors (Lipinski definition) is 7. The molecule has 6 rings (SSSR count). The van der Waals surface area contributed by atoms with E-state index in [2.05, 4.69) is 0 Å². The Kier molecular flexibility index (Phi) is 6.65. The van der Waals surface area contributed by atoms with Gasteiger partial charge in [0.25, 0.3) is 0 Å². The first-order valence-electron chi connectivity index (χ1n) is 13.3. The van der Waals surface area contributed by atoms with E-state index in [4.69, 9.17) is 20.9 Å². The Morgan fingerprint density at radius 1 is 0.659 bits per heavy atom. The van der Waals surface area contributed by atoms with Crippen LogP contribution in [0.4, 0.5) is 0 Å². The van der Waals surface area contributed by atoms with Gasteiger partial charge in [0, 0.05) is 11.8 Å². The Bertz CT molecular complexity index is 1590. The highest BCUT2D eigenvalue weighted by Gasteiger charge is 2.54. The van der Waals surface area contributed by atoms with Gasteiger partial charge in [-0.05, 0) is 44.5 Å². The van der Waals surface area contributed by atoms with Gasteiger partial charge in [0.1, 0.15) is 19.3 Å². The normalized spacial score (nSPS) is 15.6. The maximum Gasteiger partial charge on any atom is 0.340 e. The Labute approximate surface area is 236 Å². The molecule has 0 saturated heterocycles. The molecule has 2 unspecified atom stereocenters. The molecule has 0 aliphatic heterocycles. The van der Waals surface area contributed by atoms with Crippen molar-refractivity contribution in [1.82, 2.24) is 0 Å². The average Bonchev–Trinajstić information content (AvgIpc) is 3.50. The molecule has 0 saturated carbocycles. The summed E-state index contributed by atoms with van der Waals surface area (Å²) in [6.07, 6.45) is 0. The molecule has 0 radical (unpaired) electrons. The fourth-order valence-electron chi connectivity index (χ4n) is 5.95. The molecular weight excluding hydrogens is 520 g/mol. The maximum atomic E-state index is 13.2. The molecule has 0 aromatic heterocycles. The van der Waals surface area contributed by atoms with Crippen molar-refractivity contribution in [3.05, 3.63) is 119 Å². The van der Waals surface area contributed by atoms with E-state index in [9.17, 15) is 19.5 Å². The molecule has 4 aromatic rings. The minimum Gasteiger partial charge on any atom is -0.479 e. The minimum absolute atomic E-state index is 0.0963. The van der Waals surface area contributed by atoms with Crippen molar-refractivity contribution in [3.63, 3.8) is 0 Å². The molecule has 0 fully saturated rings. The predicted octanol–water partition coefficient (Wildman–Crippen LogP) is 3.81. The van der Waals surface area contributed by atoms with E-state index in [1.54, 1.807) is 0 Å². The Hall–Kier alpha value is -4.79. The Morgan fingerprint density at radius 2 is 1.00 bits per heavy atom. The summed E-state index contributed by atoms with van der Waals surface area (Å²) in [6, 6.07) is 29.0. The molecule has 0 amide bonds. The second-order valence-corrected chi connectivity index (χ2v) is 10.3. The lowest BCUT2D eigenvalue weighted by Crippen LogP contribution is -2.69. The summed E-state index contributed by atoms with van der Waals surface area (Å²) >= 11 is 0. The van der Waals surface area contributed by atoms with E-state index in [0.717, 1.165) is 44.5 Å². The molecule has 2 aliphatic carbocycles. The Balaban J connectivity index is 1.17. The van der Waals surface area contributed by atoms with E-state index >= 15 is 0 Å². The number of carboxylic acid groups (broad SMARTS) is 1. The van der Waals surface area contributed by atoms with Crippen LogP contribution in [0, 0.1) is 0 Å². The van der Waals surface area contributed by atoms with Crippen LogP contribution in [0.15, 0.2) is 97.1 Å². The first-order chi connectivity index (χ1) is 19.8. The number of benzene rings is 4. The van der Waals surface area contributed by atoms with E-state index in [1.807, 2.05) is 97.1 Å². The van der Waals surface area contributed by atoms with Crippen molar-refractivity contribution in [3.8, 4) is 22.3 Å². The zero-order valence-corrected chi connectivity index (χ0v) is 22.0. The molecular formula is C33H28N2O6. The zero-order chi connectivity index (χ0) is 28.7. The molecule has 41 heavy (non-hydrogen) atoms. The highest BCUT2D eigenvalue weighted by atomic mass is 16.5. The monoisotopic (exact) mass is 548 g/mol. The first kappa shape index (κ1) is 26.4. The third kappa shape index (κ3) is 4.28. The van der Waals surface area contributed by atoms with Gasteiger partial charge in [-0.2, -0.15) is 0 Å². The van der Waals surface area contributed by atoms with Crippen molar-refractivity contribution in [1.29, 1.82) is 0 Å². The van der Waals surface area contributed by atoms with E-state index in [1.165, 1.54) is 0 Å². The number of aliphatic carboxylic acids is 1. The molecule has 2 atom stereocenters. The molecule has 2 aliphatic rings. The van der Waals surface area contributed by atoms with Crippen LogP contribution < -0.4 is 11.5 Å². The average molecular weight is 549 g/mol. The topological polar surface area (TPSA) is 142 Å². The number of fused-ring (bicyclic) bond motifs is 6. The number of carbonyl (C=O) groups excluding carboxylic acids is 2. The van der Waals surface area contributed by atoms with Crippen molar-refractivity contribution >= 4 is 17.9 Å². The number of hydrogen-bond donors (Lipinski definition) is 3. The van der Waals surface area contributed by atoms with Gasteiger partial charge in [-0.25, -0.2) is 9.59 Å².